The Kier molecular flexibility index (Phi) is 4.29. The number of allylic oxidation sites excluding steroid dienone is 1. The Hall–Kier alpha value is -2.28. The lowest BCUT2D eigenvalue weighted by Gasteiger charge is -2.06. The van der Waals surface area contributed by atoms with Crippen LogP contribution in [0.5, 0.6) is 0 Å². The van der Waals surface area contributed by atoms with Gasteiger partial charge in [-0.2, -0.15) is 5.26 Å². The lowest BCUT2D eigenvalue weighted by molar-refractivity contribution is -0.137. The normalized spacial score (nSPS) is 11.4. The summed E-state index contributed by atoms with van der Waals surface area (Å²) in [6, 6.07) is 8.85. The molecule has 1 aromatic rings. The first kappa shape index (κ1) is 12.8. The predicted molar refractivity (Wildman–Crippen MR) is 65.7 cm³/mol. The van der Waals surface area contributed by atoms with E-state index in [4.69, 9.17) is 15.7 Å². The number of ether oxygens (including phenoxy) is 1. The number of nitrogens with two attached hydrogens (primary N) is 1. The quantitative estimate of drug-likeness (QED) is 0.373. The molecule has 0 radical (unpaired) electrons. The Morgan fingerprint density at radius 3 is 2.47 bits per heavy atom. The number of rotatable bonds is 3. The number of hydrogen-bond acceptors (Lipinski definition) is 4. The average Bonchev–Trinajstić information content (AvgIpc) is 2.31. The van der Waals surface area contributed by atoms with Crippen LogP contribution >= 0.6 is 0 Å². The van der Waals surface area contributed by atoms with Gasteiger partial charge in [0.15, 0.2) is 0 Å². The fourth-order valence-corrected chi connectivity index (χ4v) is 1.36. The van der Waals surface area contributed by atoms with E-state index in [1.54, 1.807) is 38.1 Å². The van der Waals surface area contributed by atoms with Crippen molar-refractivity contribution in [3.63, 3.8) is 0 Å². The van der Waals surface area contributed by atoms with Gasteiger partial charge < -0.3 is 10.5 Å². The Balaban J connectivity index is 3.13. The van der Waals surface area contributed by atoms with Gasteiger partial charge in [-0.3, -0.25) is 0 Å². The van der Waals surface area contributed by atoms with Crippen molar-refractivity contribution < 1.29 is 9.53 Å². The van der Waals surface area contributed by atoms with E-state index in [9.17, 15) is 4.79 Å². The standard InChI is InChI=1S/C13H14N2O2/c1-3-17-13(16)12(8-14)9(2)10-4-6-11(15)7-5-10/h4-7H,3,15H2,1-2H3/b12-9-. The van der Waals surface area contributed by atoms with Crippen LogP contribution in [-0.4, -0.2) is 12.6 Å². The third-order valence-electron chi connectivity index (χ3n) is 2.31. The summed E-state index contributed by atoms with van der Waals surface area (Å²) in [7, 11) is 0. The topological polar surface area (TPSA) is 76.1 Å². The van der Waals surface area contributed by atoms with Crippen molar-refractivity contribution in [3.05, 3.63) is 35.4 Å². The van der Waals surface area contributed by atoms with Crippen LogP contribution in [0.4, 0.5) is 5.69 Å². The minimum absolute atomic E-state index is 0.0246. The molecule has 0 bridgehead atoms. The van der Waals surface area contributed by atoms with E-state index < -0.39 is 5.97 Å². The maximum absolute atomic E-state index is 11.5. The SMILES string of the molecule is CCOC(=O)/C(C#N)=C(/C)c1ccc(N)cc1. The summed E-state index contributed by atoms with van der Waals surface area (Å²) in [5.41, 5.74) is 7.60. The molecule has 0 saturated carbocycles. The number of nitrogen functional groups attached to an aromatic ring is 1. The van der Waals surface area contributed by atoms with E-state index >= 15 is 0 Å². The van der Waals surface area contributed by atoms with Gasteiger partial charge in [0.2, 0.25) is 0 Å². The molecule has 0 unspecified atom stereocenters. The van der Waals surface area contributed by atoms with Crippen LogP contribution in [0, 0.1) is 11.3 Å². The molecule has 0 aliphatic rings. The van der Waals surface area contributed by atoms with E-state index in [0.29, 0.717) is 11.3 Å². The molecule has 17 heavy (non-hydrogen) atoms. The second kappa shape index (κ2) is 5.71. The van der Waals surface area contributed by atoms with Crippen LogP contribution in [-0.2, 0) is 9.53 Å². The van der Waals surface area contributed by atoms with Crippen molar-refractivity contribution >= 4 is 17.2 Å². The van der Waals surface area contributed by atoms with Crippen molar-refractivity contribution in [2.75, 3.05) is 12.3 Å². The Morgan fingerprint density at radius 1 is 1.41 bits per heavy atom. The summed E-state index contributed by atoms with van der Waals surface area (Å²) in [5, 5.41) is 8.98. The first-order valence-corrected chi connectivity index (χ1v) is 5.24. The minimum Gasteiger partial charge on any atom is -0.462 e. The molecule has 0 spiro atoms. The lowest BCUT2D eigenvalue weighted by Crippen LogP contribution is -2.08. The Bertz CT molecular complexity index is 481. The molecule has 1 aromatic carbocycles. The number of anilines is 1. The van der Waals surface area contributed by atoms with E-state index in [0.717, 1.165) is 5.56 Å². The van der Waals surface area contributed by atoms with Gasteiger partial charge in [-0.25, -0.2) is 4.79 Å². The highest BCUT2D eigenvalue weighted by molar-refractivity contribution is 6.01. The predicted octanol–water partition coefficient (Wildman–Crippen LogP) is 2.13. The van der Waals surface area contributed by atoms with Crippen LogP contribution in [0.15, 0.2) is 29.8 Å². The molecule has 0 saturated heterocycles. The lowest BCUT2D eigenvalue weighted by atomic mass is 10.0. The highest BCUT2D eigenvalue weighted by atomic mass is 16.5. The fourth-order valence-electron chi connectivity index (χ4n) is 1.36. The van der Waals surface area contributed by atoms with Crippen LogP contribution in [0.2, 0.25) is 0 Å². The number of carbonyl (C=O) groups is 1. The number of nitriles is 1. The molecular formula is C13H14N2O2. The van der Waals surface area contributed by atoms with Gasteiger partial charge in [-0.15, -0.1) is 0 Å². The largest absolute Gasteiger partial charge is 0.462 e. The molecular weight excluding hydrogens is 216 g/mol. The molecule has 0 heterocycles. The summed E-state index contributed by atoms with van der Waals surface area (Å²) < 4.78 is 4.82. The second-order valence-electron chi connectivity index (χ2n) is 3.45. The van der Waals surface area contributed by atoms with Gasteiger partial charge in [0.1, 0.15) is 11.6 Å². The van der Waals surface area contributed by atoms with Gasteiger partial charge in [-0.05, 0) is 37.1 Å². The molecule has 1 rings (SSSR count). The molecule has 0 aromatic heterocycles. The first-order valence-electron chi connectivity index (χ1n) is 5.24. The van der Waals surface area contributed by atoms with Gasteiger partial charge >= 0.3 is 5.97 Å². The number of benzene rings is 1. The Labute approximate surface area is 100 Å². The molecule has 2 N–H and O–H groups in total. The fraction of sp³-hybridized carbons (Fsp3) is 0.231. The summed E-state index contributed by atoms with van der Waals surface area (Å²) in [6.07, 6.45) is 0. The maximum Gasteiger partial charge on any atom is 0.349 e. The molecule has 4 nitrogen and oxygen atoms in total. The van der Waals surface area contributed by atoms with Crippen molar-refractivity contribution in [3.8, 4) is 6.07 Å². The van der Waals surface area contributed by atoms with Gasteiger partial charge in [0.25, 0.3) is 0 Å². The Morgan fingerprint density at radius 2 is 2.00 bits per heavy atom. The highest BCUT2D eigenvalue weighted by Crippen LogP contribution is 2.20. The third-order valence-corrected chi connectivity index (χ3v) is 2.31. The summed E-state index contributed by atoms with van der Waals surface area (Å²) in [6.45, 7) is 3.66. The molecule has 4 heteroatoms. The summed E-state index contributed by atoms with van der Waals surface area (Å²) in [4.78, 5) is 11.5. The maximum atomic E-state index is 11.5. The van der Waals surface area contributed by atoms with Gasteiger partial charge in [0, 0.05) is 5.69 Å². The van der Waals surface area contributed by atoms with Crippen LogP contribution < -0.4 is 5.73 Å². The van der Waals surface area contributed by atoms with Crippen molar-refractivity contribution in [2.45, 2.75) is 13.8 Å². The average molecular weight is 230 g/mol. The van der Waals surface area contributed by atoms with Crippen LogP contribution in [0.1, 0.15) is 19.4 Å². The van der Waals surface area contributed by atoms with Crippen LogP contribution in [0.25, 0.3) is 5.57 Å². The van der Waals surface area contributed by atoms with E-state index in [-0.39, 0.29) is 12.2 Å². The highest BCUT2D eigenvalue weighted by Gasteiger charge is 2.14. The van der Waals surface area contributed by atoms with Crippen molar-refractivity contribution in [1.82, 2.24) is 0 Å². The monoisotopic (exact) mass is 230 g/mol. The van der Waals surface area contributed by atoms with Gasteiger partial charge in [0.05, 0.1) is 6.61 Å². The molecule has 88 valence electrons. The number of nitrogens with zero attached hydrogens (tertiary/aromatic N) is 1. The zero-order valence-electron chi connectivity index (χ0n) is 9.86. The second-order valence-corrected chi connectivity index (χ2v) is 3.45. The summed E-state index contributed by atoms with van der Waals surface area (Å²) >= 11 is 0. The minimum atomic E-state index is -0.593. The third kappa shape index (κ3) is 3.08. The van der Waals surface area contributed by atoms with Crippen molar-refractivity contribution in [2.24, 2.45) is 0 Å². The van der Waals surface area contributed by atoms with E-state index in [1.165, 1.54) is 0 Å². The zero-order valence-corrected chi connectivity index (χ0v) is 9.86. The molecule has 0 atom stereocenters. The molecule has 0 aliphatic carbocycles. The summed E-state index contributed by atoms with van der Waals surface area (Å²) in [5.74, 6) is -0.593. The van der Waals surface area contributed by atoms with Crippen molar-refractivity contribution in [1.29, 1.82) is 5.26 Å². The first-order chi connectivity index (χ1) is 8.10. The number of hydrogen-bond donors (Lipinski definition) is 1. The van der Waals surface area contributed by atoms with E-state index in [2.05, 4.69) is 0 Å². The molecule has 0 aliphatic heterocycles. The van der Waals surface area contributed by atoms with E-state index in [1.807, 2.05) is 6.07 Å². The smallest absolute Gasteiger partial charge is 0.349 e. The van der Waals surface area contributed by atoms with Crippen LogP contribution in [0.3, 0.4) is 0 Å². The zero-order chi connectivity index (χ0) is 12.8. The molecule has 0 fully saturated rings. The van der Waals surface area contributed by atoms with Gasteiger partial charge in [-0.1, -0.05) is 12.1 Å². The number of esters is 1. The number of carbonyl (C=O) groups excluding carboxylic acids is 1. The molecule has 0 amide bonds.